The molecule has 0 radical (unpaired) electrons. The molecule has 0 bridgehead atoms. The summed E-state index contributed by atoms with van der Waals surface area (Å²) in [5, 5.41) is 2.07. The van der Waals surface area contributed by atoms with Crippen molar-refractivity contribution in [1.82, 2.24) is 9.97 Å². The number of aromatic nitrogens is 2. The molecule has 0 unspecified atom stereocenters. The van der Waals surface area contributed by atoms with E-state index >= 15 is 0 Å². The predicted octanol–water partition coefficient (Wildman–Crippen LogP) is 2.40. The Morgan fingerprint density at radius 3 is 2.82 bits per heavy atom. The molecule has 2 N–H and O–H groups in total. The molecule has 2 rings (SSSR count). The van der Waals surface area contributed by atoms with E-state index in [1.54, 1.807) is 23.7 Å². The fourth-order valence-electron chi connectivity index (χ4n) is 1.57. The van der Waals surface area contributed by atoms with Crippen molar-refractivity contribution in [3.8, 4) is 0 Å². The molecule has 0 saturated carbocycles. The summed E-state index contributed by atoms with van der Waals surface area (Å²) in [7, 11) is 2.00. The number of nitrogens with zero attached hydrogens (tertiary/aromatic N) is 3. The van der Waals surface area contributed by atoms with E-state index in [2.05, 4.69) is 42.2 Å². The number of anilines is 1. The molecule has 17 heavy (non-hydrogen) atoms. The highest BCUT2D eigenvalue weighted by Gasteiger charge is 2.10. The Labute approximate surface area is 113 Å². The van der Waals surface area contributed by atoms with Crippen molar-refractivity contribution < 1.29 is 0 Å². The Hall–Kier alpha value is -0.980. The van der Waals surface area contributed by atoms with E-state index in [0.717, 1.165) is 22.5 Å². The van der Waals surface area contributed by atoms with Gasteiger partial charge in [-0.25, -0.2) is 4.98 Å². The van der Waals surface area contributed by atoms with Gasteiger partial charge in [0.15, 0.2) is 5.82 Å². The maximum absolute atomic E-state index is 5.65. The first-order chi connectivity index (χ1) is 8.20. The quantitative estimate of drug-likeness (QED) is 0.942. The SMILES string of the molecule is CN(Cc1cc(Br)cs1)c1nccnc1CN. The zero-order valence-corrected chi connectivity index (χ0v) is 11.8. The smallest absolute Gasteiger partial charge is 0.151 e. The molecule has 0 aliphatic rings. The van der Waals surface area contributed by atoms with Crippen LogP contribution in [-0.4, -0.2) is 17.0 Å². The van der Waals surface area contributed by atoms with Gasteiger partial charge in [0.1, 0.15) is 0 Å². The maximum Gasteiger partial charge on any atom is 0.151 e. The van der Waals surface area contributed by atoms with Crippen molar-refractivity contribution in [3.05, 3.63) is 38.9 Å². The highest BCUT2D eigenvalue weighted by Crippen LogP contribution is 2.23. The van der Waals surface area contributed by atoms with Gasteiger partial charge in [-0.2, -0.15) is 0 Å². The van der Waals surface area contributed by atoms with Crippen LogP contribution in [-0.2, 0) is 13.1 Å². The minimum atomic E-state index is 0.404. The monoisotopic (exact) mass is 312 g/mol. The average Bonchev–Trinajstić information content (AvgIpc) is 2.74. The Morgan fingerprint density at radius 1 is 1.41 bits per heavy atom. The van der Waals surface area contributed by atoms with Gasteiger partial charge in [0.25, 0.3) is 0 Å². The van der Waals surface area contributed by atoms with E-state index in [-0.39, 0.29) is 0 Å². The number of nitrogens with two attached hydrogens (primary N) is 1. The Kier molecular flexibility index (Phi) is 4.09. The van der Waals surface area contributed by atoms with E-state index in [1.165, 1.54) is 4.88 Å². The fraction of sp³-hybridized carbons (Fsp3) is 0.273. The highest BCUT2D eigenvalue weighted by atomic mass is 79.9. The first-order valence-corrected chi connectivity index (χ1v) is 6.82. The van der Waals surface area contributed by atoms with Crippen molar-refractivity contribution in [2.75, 3.05) is 11.9 Å². The zero-order valence-electron chi connectivity index (χ0n) is 9.43. The normalized spacial score (nSPS) is 10.5. The van der Waals surface area contributed by atoms with Crippen molar-refractivity contribution >= 4 is 33.1 Å². The minimum absolute atomic E-state index is 0.404. The molecule has 6 heteroatoms. The van der Waals surface area contributed by atoms with Crippen molar-refractivity contribution in [2.24, 2.45) is 5.73 Å². The first kappa shape index (κ1) is 12.5. The third-order valence-corrected chi connectivity index (χ3v) is 4.00. The summed E-state index contributed by atoms with van der Waals surface area (Å²) in [4.78, 5) is 11.9. The molecule has 0 amide bonds. The number of hydrogen-bond acceptors (Lipinski definition) is 5. The molecule has 0 aliphatic heterocycles. The summed E-state index contributed by atoms with van der Waals surface area (Å²) >= 11 is 5.17. The molecule has 0 aliphatic carbocycles. The minimum Gasteiger partial charge on any atom is -0.353 e. The van der Waals surface area contributed by atoms with Gasteiger partial charge in [-0.3, -0.25) is 4.98 Å². The van der Waals surface area contributed by atoms with E-state index in [1.807, 2.05) is 7.05 Å². The lowest BCUT2D eigenvalue weighted by atomic mass is 10.3. The second-order valence-corrected chi connectivity index (χ2v) is 5.53. The van der Waals surface area contributed by atoms with Gasteiger partial charge < -0.3 is 10.6 Å². The predicted molar refractivity (Wildman–Crippen MR) is 74.0 cm³/mol. The van der Waals surface area contributed by atoms with E-state index in [9.17, 15) is 0 Å². The van der Waals surface area contributed by atoms with Gasteiger partial charge in [0, 0.05) is 40.7 Å². The molecule has 2 aromatic heterocycles. The molecule has 2 aromatic rings. The highest BCUT2D eigenvalue weighted by molar-refractivity contribution is 9.10. The van der Waals surface area contributed by atoms with Crippen LogP contribution in [0.3, 0.4) is 0 Å². The lowest BCUT2D eigenvalue weighted by Crippen LogP contribution is -2.20. The van der Waals surface area contributed by atoms with Crippen LogP contribution in [0.15, 0.2) is 28.3 Å². The second kappa shape index (κ2) is 5.57. The summed E-state index contributed by atoms with van der Waals surface area (Å²) in [6.07, 6.45) is 3.36. The van der Waals surface area contributed by atoms with Crippen LogP contribution in [0.4, 0.5) is 5.82 Å². The largest absolute Gasteiger partial charge is 0.353 e. The zero-order chi connectivity index (χ0) is 12.3. The number of rotatable bonds is 4. The van der Waals surface area contributed by atoms with E-state index < -0.39 is 0 Å². The molecule has 90 valence electrons. The van der Waals surface area contributed by atoms with Crippen molar-refractivity contribution in [2.45, 2.75) is 13.1 Å². The van der Waals surface area contributed by atoms with Crippen LogP contribution in [0.2, 0.25) is 0 Å². The average molecular weight is 313 g/mol. The summed E-state index contributed by atoms with van der Waals surface area (Å²) in [6, 6.07) is 2.11. The van der Waals surface area contributed by atoms with Crippen LogP contribution in [0.25, 0.3) is 0 Å². The summed E-state index contributed by atoms with van der Waals surface area (Å²) in [5.74, 6) is 0.847. The van der Waals surface area contributed by atoms with Gasteiger partial charge in [-0.1, -0.05) is 0 Å². The summed E-state index contributed by atoms with van der Waals surface area (Å²) in [6.45, 7) is 1.21. The Balaban J connectivity index is 2.16. The molecule has 0 spiro atoms. The molecular weight excluding hydrogens is 300 g/mol. The molecule has 0 fully saturated rings. The summed E-state index contributed by atoms with van der Waals surface area (Å²) in [5.41, 5.74) is 6.48. The molecule has 0 atom stereocenters. The van der Waals surface area contributed by atoms with Gasteiger partial charge in [0.2, 0.25) is 0 Å². The Morgan fingerprint density at radius 2 is 2.18 bits per heavy atom. The van der Waals surface area contributed by atoms with Crippen molar-refractivity contribution in [3.63, 3.8) is 0 Å². The van der Waals surface area contributed by atoms with E-state index in [4.69, 9.17) is 5.73 Å². The molecule has 4 nitrogen and oxygen atoms in total. The maximum atomic E-state index is 5.65. The number of hydrogen-bond donors (Lipinski definition) is 1. The van der Waals surface area contributed by atoms with Crippen LogP contribution < -0.4 is 10.6 Å². The number of thiophene rings is 1. The Bertz CT molecular complexity index is 500. The van der Waals surface area contributed by atoms with Crippen LogP contribution >= 0.6 is 27.3 Å². The molecular formula is C11H13BrN4S. The second-order valence-electron chi connectivity index (χ2n) is 3.62. The lowest BCUT2D eigenvalue weighted by Gasteiger charge is -2.19. The van der Waals surface area contributed by atoms with Crippen LogP contribution in [0.5, 0.6) is 0 Å². The molecule has 0 saturated heterocycles. The van der Waals surface area contributed by atoms with Gasteiger partial charge in [-0.15, -0.1) is 11.3 Å². The molecule has 2 heterocycles. The van der Waals surface area contributed by atoms with Gasteiger partial charge in [-0.05, 0) is 22.0 Å². The third kappa shape index (κ3) is 3.02. The van der Waals surface area contributed by atoms with Gasteiger partial charge >= 0.3 is 0 Å². The fourth-order valence-corrected chi connectivity index (χ4v) is 3.07. The topological polar surface area (TPSA) is 55.0 Å². The van der Waals surface area contributed by atoms with Crippen molar-refractivity contribution in [1.29, 1.82) is 0 Å². The molecule has 0 aromatic carbocycles. The third-order valence-electron chi connectivity index (χ3n) is 2.32. The van der Waals surface area contributed by atoms with Crippen LogP contribution in [0.1, 0.15) is 10.6 Å². The first-order valence-electron chi connectivity index (χ1n) is 5.14. The lowest BCUT2D eigenvalue weighted by molar-refractivity contribution is 0.861. The standard InChI is InChI=1S/C11H13BrN4S/c1-16(6-9-4-8(12)7-17-9)11-10(5-13)14-2-3-15-11/h2-4,7H,5-6,13H2,1H3. The van der Waals surface area contributed by atoms with Crippen LogP contribution in [0, 0.1) is 0 Å². The van der Waals surface area contributed by atoms with Gasteiger partial charge in [0.05, 0.1) is 12.2 Å². The summed E-state index contributed by atoms with van der Waals surface area (Å²) < 4.78 is 1.11. The van der Waals surface area contributed by atoms with E-state index in [0.29, 0.717) is 6.54 Å². The number of halogens is 1.